The smallest absolute Gasteiger partial charge is 0.490 e. The Morgan fingerprint density at radius 2 is 1.66 bits per heavy atom. The van der Waals surface area contributed by atoms with Gasteiger partial charge >= 0.3 is 18.1 Å². The minimum atomic E-state index is -5.41. The van der Waals surface area contributed by atoms with Gasteiger partial charge in [0.2, 0.25) is 0 Å². The lowest BCUT2D eigenvalue weighted by Gasteiger charge is -2.23. The summed E-state index contributed by atoms with van der Waals surface area (Å²) in [5.74, 6) is -6.03. The number of amidine groups is 1. The number of carbonyl (C=O) groups excluding carboxylic acids is 3. The largest absolute Gasteiger partial charge is 0.491 e. The van der Waals surface area contributed by atoms with Gasteiger partial charge in [0, 0.05) is 22.9 Å². The van der Waals surface area contributed by atoms with Crippen LogP contribution in [-0.4, -0.2) is 42.6 Å². The van der Waals surface area contributed by atoms with Crippen molar-refractivity contribution < 1.29 is 46.2 Å². The zero-order chi connectivity index (χ0) is 32.6. The van der Waals surface area contributed by atoms with E-state index in [0.29, 0.717) is 11.3 Å². The fraction of sp³-hybridized carbons (Fsp3) is 0.241. The number of halogens is 4. The summed E-state index contributed by atoms with van der Waals surface area (Å²) in [4.78, 5) is 37.0. The van der Waals surface area contributed by atoms with E-state index in [1.54, 1.807) is 20.8 Å². The molecule has 44 heavy (non-hydrogen) atoms. The van der Waals surface area contributed by atoms with Gasteiger partial charge in [0.05, 0.1) is 24.0 Å². The van der Waals surface area contributed by atoms with Crippen molar-refractivity contribution in [3.05, 3.63) is 83.2 Å². The third-order valence-electron chi connectivity index (χ3n) is 5.69. The minimum Gasteiger partial charge on any atom is -0.490 e. The first-order valence-corrected chi connectivity index (χ1v) is 13.0. The van der Waals surface area contributed by atoms with E-state index in [4.69, 9.17) is 20.6 Å². The number of ether oxygens (including phenoxy) is 3. The average Bonchev–Trinajstić information content (AvgIpc) is 2.95. The predicted octanol–water partition coefficient (Wildman–Crippen LogP) is 4.84. The van der Waals surface area contributed by atoms with Gasteiger partial charge in [0.25, 0.3) is 5.91 Å². The average molecular weight is 620 g/mol. The Hall–Kier alpha value is -5.34. The van der Waals surface area contributed by atoms with E-state index in [0.717, 1.165) is 12.1 Å². The quantitative estimate of drug-likeness (QED) is 0.0477. The van der Waals surface area contributed by atoms with E-state index in [1.165, 1.54) is 48.5 Å². The SMILES string of the molecule is CCOc1cc(C(Nc2ccc(C(=N)N)cc2)C(=O)NNc2ccccc2C(=O)OC(=O)C(F)(F)F)c(F)cc1OC(C)C. The molecule has 0 aromatic heterocycles. The number of nitrogens with two attached hydrogens (primary N) is 1. The molecule has 15 heteroatoms. The molecule has 1 unspecified atom stereocenters. The number of carbonyl (C=O) groups is 3. The Labute approximate surface area is 249 Å². The monoisotopic (exact) mass is 619 g/mol. The summed E-state index contributed by atoms with van der Waals surface area (Å²) in [5.41, 5.74) is 10.0. The van der Waals surface area contributed by atoms with Crippen LogP contribution in [0.5, 0.6) is 11.5 Å². The van der Waals surface area contributed by atoms with Crippen molar-refractivity contribution in [2.24, 2.45) is 5.73 Å². The van der Waals surface area contributed by atoms with Crippen LogP contribution in [0, 0.1) is 11.2 Å². The zero-order valence-corrected chi connectivity index (χ0v) is 23.7. The summed E-state index contributed by atoms with van der Waals surface area (Å²) >= 11 is 0. The molecule has 0 aliphatic heterocycles. The molecule has 3 rings (SSSR count). The van der Waals surface area contributed by atoms with Gasteiger partial charge in [-0.1, -0.05) is 12.1 Å². The summed E-state index contributed by atoms with van der Waals surface area (Å²) < 4.78 is 68.5. The third kappa shape index (κ3) is 8.59. The molecule has 1 amide bonds. The fourth-order valence-corrected chi connectivity index (χ4v) is 3.75. The highest BCUT2D eigenvalue weighted by Crippen LogP contribution is 2.35. The molecule has 11 nitrogen and oxygen atoms in total. The molecule has 0 aliphatic carbocycles. The van der Waals surface area contributed by atoms with Crippen molar-refractivity contribution in [3.63, 3.8) is 0 Å². The van der Waals surface area contributed by atoms with Gasteiger partial charge in [-0.05, 0) is 63.2 Å². The van der Waals surface area contributed by atoms with Gasteiger partial charge in [-0.15, -0.1) is 0 Å². The first-order chi connectivity index (χ1) is 20.7. The van der Waals surface area contributed by atoms with Crippen LogP contribution in [-0.2, 0) is 14.3 Å². The summed E-state index contributed by atoms with van der Waals surface area (Å²) in [7, 11) is 0. The Morgan fingerprint density at radius 3 is 2.25 bits per heavy atom. The third-order valence-corrected chi connectivity index (χ3v) is 5.69. The predicted molar refractivity (Wildman–Crippen MR) is 152 cm³/mol. The molecule has 0 saturated carbocycles. The standard InChI is InChI=1S/C29H29F4N5O6/c1-4-42-22-13-19(20(30)14-23(22)43-15(2)3)24(36-17-11-9-16(10-12-17)25(34)35)26(39)38-37-21-8-6-5-7-18(21)27(40)44-28(41)29(31,32)33/h5-15,24,36-37H,4H2,1-3H3,(H3,34,35)(H,38,39). The maximum atomic E-state index is 15.5. The molecule has 0 aliphatic rings. The van der Waals surface area contributed by atoms with Gasteiger partial charge in [0.15, 0.2) is 11.5 Å². The molecule has 1 atom stereocenters. The molecular formula is C29H29F4N5O6. The van der Waals surface area contributed by atoms with Crippen molar-refractivity contribution in [1.29, 1.82) is 5.41 Å². The number of esters is 2. The Kier molecular flexibility index (Phi) is 10.7. The maximum Gasteiger partial charge on any atom is 0.491 e. The van der Waals surface area contributed by atoms with E-state index >= 15 is 4.39 Å². The number of alkyl halides is 3. The second-order valence-corrected chi connectivity index (χ2v) is 9.32. The van der Waals surface area contributed by atoms with Crippen molar-refractivity contribution in [3.8, 4) is 11.5 Å². The molecule has 0 bridgehead atoms. The number of rotatable bonds is 12. The Morgan fingerprint density at radius 1 is 1.00 bits per heavy atom. The van der Waals surface area contributed by atoms with Gasteiger partial charge in [0.1, 0.15) is 17.7 Å². The van der Waals surface area contributed by atoms with Gasteiger partial charge in [-0.3, -0.25) is 21.1 Å². The second-order valence-electron chi connectivity index (χ2n) is 9.32. The van der Waals surface area contributed by atoms with Gasteiger partial charge in [-0.25, -0.2) is 14.0 Å². The Bertz CT molecular complexity index is 1530. The summed E-state index contributed by atoms with van der Waals surface area (Å²) in [6.07, 6.45) is -5.73. The normalized spacial score (nSPS) is 11.7. The molecule has 0 heterocycles. The zero-order valence-electron chi connectivity index (χ0n) is 23.7. The molecule has 3 aromatic carbocycles. The molecule has 0 radical (unpaired) electrons. The van der Waals surface area contributed by atoms with E-state index in [1.807, 2.05) is 0 Å². The molecule has 234 valence electrons. The Balaban J connectivity index is 1.96. The highest BCUT2D eigenvalue weighted by Gasteiger charge is 2.42. The van der Waals surface area contributed by atoms with E-state index in [9.17, 15) is 27.6 Å². The van der Waals surface area contributed by atoms with Crippen molar-refractivity contribution in [1.82, 2.24) is 5.43 Å². The van der Waals surface area contributed by atoms with Crippen LogP contribution < -0.4 is 31.4 Å². The van der Waals surface area contributed by atoms with Crippen molar-refractivity contribution >= 4 is 35.1 Å². The molecular weight excluding hydrogens is 590 g/mol. The highest BCUT2D eigenvalue weighted by molar-refractivity contribution is 6.02. The molecule has 6 N–H and O–H groups in total. The topological polar surface area (TPSA) is 165 Å². The molecule has 0 saturated heterocycles. The van der Waals surface area contributed by atoms with E-state index in [-0.39, 0.29) is 41.3 Å². The van der Waals surface area contributed by atoms with Crippen molar-refractivity contribution in [2.45, 2.75) is 39.1 Å². The van der Waals surface area contributed by atoms with Crippen LogP contribution >= 0.6 is 0 Å². The number of para-hydroxylation sites is 1. The van der Waals surface area contributed by atoms with Gasteiger partial charge in [-0.2, -0.15) is 13.2 Å². The number of hydrogen-bond donors (Lipinski definition) is 5. The summed E-state index contributed by atoms with van der Waals surface area (Å²) in [6, 6.07) is 11.9. The van der Waals surface area contributed by atoms with Crippen LogP contribution in [0.1, 0.15) is 48.3 Å². The van der Waals surface area contributed by atoms with Crippen LogP contribution in [0.2, 0.25) is 0 Å². The van der Waals surface area contributed by atoms with Gasteiger partial charge < -0.3 is 25.3 Å². The second kappa shape index (κ2) is 14.2. The highest BCUT2D eigenvalue weighted by atomic mass is 19.4. The summed E-state index contributed by atoms with van der Waals surface area (Å²) in [5, 5.41) is 10.5. The lowest BCUT2D eigenvalue weighted by Crippen LogP contribution is -2.38. The van der Waals surface area contributed by atoms with E-state index < -0.39 is 41.4 Å². The fourth-order valence-electron chi connectivity index (χ4n) is 3.75. The number of amides is 1. The molecule has 0 fully saturated rings. The van der Waals surface area contributed by atoms with Crippen LogP contribution in [0.4, 0.5) is 28.9 Å². The first-order valence-electron chi connectivity index (χ1n) is 13.0. The first kappa shape index (κ1) is 33.2. The maximum absolute atomic E-state index is 15.5. The lowest BCUT2D eigenvalue weighted by atomic mass is 10.0. The van der Waals surface area contributed by atoms with Crippen LogP contribution in [0.3, 0.4) is 0 Å². The van der Waals surface area contributed by atoms with E-state index in [2.05, 4.69) is 20.9 Å². The number of nitrogen functional groups attached to an aromatic ring is 1. The lowest BCUT2D eigenvalue weighted by molar-refractivity contribution is -0.193. The molecule has 3 aromatic rings. The van der Waals surface area contributed by atoms with Crippen molar-refractivity contribution in [2.75, 3.05) is 17.3 Å². The minimum absolute atomic E-state index is 0.104. The summed E-state index contributed by atoms with van der Waals surface area (Å²) in [6.45, 7) is 5.38. The number of anilines is 2. The van der Waals surface area contributed by atoms with Crippen LogP contribution in [0.15, 0.2) is 60.7 Å². The number of hydrazine groups is 1. The number of hydrogen-bond acceptors (Lipinski definition) is 9. The molecule has 0 spiro atoms. The van der Waals surface area contributed by atoms with Crippen LogP contribution in [0.25, 0.3) is 0 Å². The number of benzene rings is 3. The number of nitrogens with one attached hydrogen (secondary N) is 4.